The Hall–Kier alpha value is -1.26. The monoisotopic (exact) mass is 173 g/mol. The summed E-state index contributed by atoms with van der Waals surface area (Å²) in [5.41, 5.74) is 0. The molecule has 1 fully saturated rings. The summed E-state index contributed by atoms with van der Waals surface area (Å²) in [4.78, 5) is 22.2. The quantitative estimate of drug-likeness (QED) is 0.603. The van der Waals surface area contributed by atoms with Gasteiger partial charge in [-0.15, -0.1) is 0 Å². The Morgan fingerprint density at radius 1 is 1.42 bits per heavy atom. The van der Waals surface area contributed by atoms with E-state index in [4.69, 9.17) is 10.2 Å². The summed E-state index contributed by atoms with van der Waals surface area (Å²) in [6.45, 7) is 1.95. The molecule has 1 aliphatic heterocycles. The van der Waals surface area contributed by atoms with Gasteiger partial charge in [-0.25, -0.2) is 4.79 Å². The standard InChI is InChI=1S/C7H11NO4/c1-4-5(6(9)10)2-3-8(4)7(11)12/h4-5H,2-3H2,1H3,(H,9,10)(H,11,12)/t4-,5-/m0/s1. The zero-order valence-corrected chi connectivity index (χ0v) is 6.73. The maximum absolute atomic E-state index is 10.6. The molecule has 0 unspecified atom stereocenters. The van der Waals surface area contributed by atoms with E-state index in [1.807, 2.05) is 0 Å². The molecule has 1 aliphatic rings. The summed E-state index contributed by atoms with van der Waals surface area (Å²) in [5.74, 6) is -1.45. The van der Waals surface area contributed by atoms with Crippen molar-refractivity contribution in [2.75, 3.05) is 6.54 Å². The number of carboxylic acid groups (broad SMARTS) is 2. The molecular formula is C7H11NO4. The second kappa shape index (κ2) is 3.00. The highest BCUT2D eigenvalue weighted by Crippen LogP contribution is 2.23. The van der Waals surface area contributed by atoms with Gasteiger partial charge in [0.2, 0.25) is 0 Å². The van der Waals surface area contributed by atoms with Crippen LogP contribution in [0.5, 0.6) is 0 Å². The van der Waals surface area contributed by atoms with Crippen LogP contribution in [0.3, 0.4) is 0 Å². The first-order valence-corrected chi connectivity index (χ1v) is 3.76. The fourth-order valence-corrected chi connectivity index (χ4v) is 1.54. The van der Waals surface area contributed by atoms with Gasteiger partial charge in [0.15, 0.2) is 0 Å². The van der Waals surface area contributed by atoms with Crippen LogP contribution in [0.15, 0.2) is 0 Å². The minimum Gasteiger partial charge on any atom is -0.481 e. The molecule has 0 aromatic rings. The van der Waals surface area contributed by atoms with Crippen LogP contribution in [0.25, 0.3) is 0 Å². The van der Waals surface area contributed by atoms with Crippen LogP contribution in [0.1, 0.15) is 13.3 Å². The molecule has 2 N–H and O–H groups in total. The molecule has 1 amide bonds. The van der Waals surface area contributed by atoms with E-state index in [0.717, 1.165) is 0 Å². The lowest BCUT2D eigenvalue weighted by Gasteiger charge is -2.19. The van der Waals surface area contributed by atoms with Crippen molar-refractivity contribution in [1.82, 2.24) is 4.90 Å². The average molecular weight is 173 g/mol. The molecule has 68 valence electrons. The van der Waals surface area contributed by atoms with Gasteiger partial charge in [0.1, 0.15) is 0 Å². The van der Waals surface area contributed by atoms with Crippen LogP contribution in [-0.4, -0.2) is 39.8 Å². The summed E-state index contributed by atoms with van der Waals surface area (Å²) in [6.07, 6.45) is -0.616. The first-order valence-electron chi connectivity index (χ1n) is 3.76. The Morgan fingerprint density at radius 2 is 2.00 bits per heavy atom. The van der Waals surface area contributed by atoms with Gasteiger partial charge in [-0.05, 0) is 13.3 Å². The van der Waals surface area contributed by atoms with Crippen molar-refractivity contribution in [3.63, 3.8) is 0 Å². The van der Waals surface area contributed by atoms with Gasteiger partial charge >= 0.3 is 12.1 Å². The molecule has 0 spiro atoms. The van der Waals surface area contributed by atoms with Gasteiger partial charge in [-0.1, -0.05) is 0 Å². The minimum atomic E-state index is -1.04. The van der Waals surface area contributed by atoms with Crippen LogP contribution in [0.2, 0.25) is 0 Å². The Balaban J connectivity index is 2.67. The fourth-order valence-electron chi connectivity index (χ4n) is 1.54. The summed E-state index contributed by atoms with van der Waals surface area (Å²) >= 11 is 0. The SMILES string of the molecule is C[C@H]1[C@@H](C(=O)O)CCN1C(=O)O. The van der Waals surface area contributed by atoms with Gasteiger partial charge in [0, 0.05) is 12.6 Å². The largest absolute Gasteiger partial charge is 0.481 e. The molecule has 0 aromatic heterocycles. The van der Waals surface area contributed by atoms with Gasteiger partial charge in [0.05, 0.1) is 5.92 Å². The van der Waals surface area contributed by atoms with E-state index < -0.39 is 24.0 Å². The zero-order chi connectivity index (χ0) is 9.30. The number of rotatable bonds is 1. The third-order valence-electron chi connectivity index (χ3n) is 2.32. The highest BCUT2D eigenvalue weighted by Gasteiger charge is 2.37. The maximum atomic E-state index is 10.6. The molecule has 0 bridgehead atoms. The number of likely N-dealkylation sites (tertiary alicyclic amines) is 1. The predicted octanol–water partition coefficient (Wildman–Crippen LogP) is 0.459. The first-order chi connectivity index (χ1) is 5.54. The first kappa shape index (κ1) is 8.83. The fraction of sp³-hybridized carbons (Fsp3) is 0.714. The maximum Gasteiger partial charge on any atom is 0.407 e. The molecule has 0 aliphatic carbocycles. The highest BCUT2D eigenvalue weighted by atomic mass is 16.4. The van der Waals surface area contributed by atoms with E-state index in [-0.39, 0.29) is 0 Å². The lowest BCUT2D eigenvalue weighted by atomic mass is 10.0. The number of hydrogen-bond acceptors (Lipinski definition) is 2. The Labute approximate surface area is 69.6 Å². The van der Waals surface area contributed by atoms with E-state index in [1.165, 1.54) is 4.90 Å². The number of nitrogens with zero attached hydrogens (tertiary/aromatic N) is 1. The van der Waals surface area contributed by atoms with Crippen LogP contribution in [0.4, 0.5) is 4.79 Å². The van der Waals surface area contributed by atoms with Crippen molar-refractivity contribution in [3.8, 4) is 0 Å². The number of aliphatic carboxylic acids is 1. The van der Waals surface area contributed by atoms with E-state index in [0.29, 0.717) is 13.0 Å². The molecule has 12 heavy (non-hydrogen) atoms. The molecule has 1 rings (SSSR count). The van der Waals surface area contributed by atoms with E-state index in [9.17, 15) is 9.59 Å². The third-order valence-corrected chi connectivity index (χ3v) is 2.32. The van der Waals surface area contributed by atoms with E-state index in [1.54, 1.807) is 6.92 Å². The minimum absolute atomic E-state index is 0.327. The molecule has 0 radical (unpaired) electrons. The van der Waals surface area contributed by atoms with Crippen molar-refractivity contribution in [2.24, 2.45) is 5.92 Å². The second-order valence-electron chi connectivity index (χ2n) is 2.95. The average Bonchev–Trinajstić information content (AvgIpc) is 2.30. The smallest absolute Gasteiger partial charge is 0.407 e. The Bertz CT molecular complexity index is 193. The second-order valence-corrected chi connectivity index (χ2v) is 2.95. The summed E-state index contributed by atoms with van der Waals surface area (Å²) < 4.78 is 0. The van der Waals surface area contributed by atoms with Crippen molar-refractivity contribution < 1.29 is 19.8 Å². The number of amides is 1. The van der Waals surface area contributed by atoms with Crippen LogP contribution >= 0.6 is 0 Å². The zero-order valence-electron chi connectivity index (χ0n) is 6.73. The number of carbonyl (C=O) groups is 2. The van der Waals surface area contributed by atoms with Gasteiger partial charge < -0.3 is 15.1 Å². The molecular weight excluding hydrogens is 162 g/mol. The molecule has 5 nitrogen and oxygen atoms in total. The highest BCUT2D eigenvalue weighted by molar-refractivity contribution is 5.74. The van der Waals surface area contributed by atoms with Crippen molar-refractivity contribution >= 4 is 12.1 Å². The molecule has 2 atom stereocenters. The van der Waals surface area contributed by atoms with Gasteiger partial charge in [-0.3, -0.25) is 4.79 Å². The molecule has 0 saturated carbocycles. The predicted molar refractivity (Wildman–Crippen MR) is 39.9 cm³/mol. The normalized spacial score (nSPS) is 28.9. The Kier molecular flexibility index (Phi) is 2.21. The summed E-state index contributed by atoms with van der Waals surface area (Å²) in [6, 6.07) is -0.403. The van der Waals surface area contributed by atoms with Gasteiger partial charge in [0.25, 0.3) is 0 Å². The van der Waals surface area contributed by atoms with Crippen molar-refractivity contribution in [2.45, 2.75) is 19.4 Å². The topological polar surface area (TPSA) is 77.8 Å². The molecule has 5 heteroatoms. The van der Waals surface area contributed by atoms with Crippen LogP contribution < -0.4 is 0 Å². The lowest BCUT2D eigenvalue weighted by molar-refractivity contribution is -0.142. The van der Waals surface area contributed by atoms with E-state index >= 15 is 0 Å². The summed E-state index contributed by atoms with van der Waals surface area (Å²) in [5, 5.41) is 17.3. The molecule has 1 saturated heterocycles. The van der Waals surface area contributed by atoms with Crippen LogP contribution in [-0.2, 0) is 4.79 Å². The van der Waals surface area contributed by atoms with Gasteiger partial charge in [-0.2, -0.15) is 0 Å². The molecule has 1 heterocycles. The number of hydrogen-bond donors (Lipinski definition) is 2. The van der Waals surface area contributed by atoms with Crippen LogP contribution in [0, 0.1) is 5.92 Å². The van der Waals surface area contributed by atoms with Crippen molar-refractivity contribution in [3.05, 3.63) is 0 Å². The molecule has 0 aromatic carbocycles. The third kappa shape index (κ3) is 1.34. The van der Waals surface area contributed by atoms with Crippen molar-refractivity contribution in [1.29, 1.82) is 0 Å². The lowest BCUT2D eigenvalue weighted by Crippen LogP contribution is -2.36. The summed E-state index contributed by atoms with van der Waals surface area (Å²) in [7, 11) is 0. The van der Waals surface area contributed by atoms with E-state index in [2.05, 4.69) is 0 Å². The Morgan fingerprint density at radius 3 is 2.25 bits per heavy atom. The number of carboxylic acids is 1.